The van der Waals surface area contributed by atoms with Gasteiger partial charge in [-0.3, -0.25) is 4.68 Å². The average molecular weight is 378 g/mol. The molecule has 0 unspecified atom stereocenters. The van der Waals surface area contributed by atoms with E-state index >= 15 is 0 Å². The van der Waals surface area contributed by atoms with Crippen LogP contribution in [0.15, 0.2) is 29.0 Å². The van der Waals surface area contributed by atoms with Crippen molar-refractivity contribution in [1.29, 1.82) is 0 Å². The lowest BCUT2D eigenvalue weighted by Gasteiger charge is -2.05. The van der Waals surface area contributed by atoms with Crippen LogP contribution in [0.4, 0.5) is 0 Å². The summed E-state index contributed by atoms with van der Waals surface area (Å²) in [5.41, 5.74) is 3.32. The molecule has 2 heterocycles. The summed E-state index contributed by atoms with van der Waals surface area (Å²) in [5, 5.41) is 6.12. The van der Waals surface area contributed by atoms with Crippen molar-refractivity contribution in [1.82, 2.24) is 19.7 Å². The van der Waals surface area contributed by atoms with Gasteiger partial charge in [-0.1, -0.05) is 11.6 Å². The molecule has 22 heavy (non-hydrogen) atoms. The molecule has 0 N–H and O–H groups in total. The summed E-state index contributed by atoms with van der Waals surface area (Å²) in [7, 11) is 0. The van der Waals surface area contributed by atoms with E-state index < -0.39 is 0 Å². The van der Waals surface area contributed by atoms with Crippen LogP contribution in [0.25, 0.3) is 10.9 Å². The van der Waals surface area contributed by atoms with Crippen molar-refractivity contribution in [2.24, 2.45) is 0 Å². The monoisotopic (exact) mass is 376 g/mol. The SMILES string of the molecule is Cc1c(Cc2ncc3cc(Cl)c(Br)cc3n2)cnn1C1CC1. The third kappa shape index (κ3) is 2.52. The topological polar surface area (TPSA) is 43.6 Å². The molecule has 1 aliphatic carbocycles. The molecule has 1 aliphatic rings. The first-order valence-corrected chi connectivity index (χ1v) is 8.42. The van der Waals surface area contributed by atoms with Crippen molar-refractivity contribution in [2.75, 3.05) is 0 Å². The van der Waals surface area contributed by atoms with Crippen molar-refractivity contribution >= 4 is 38.4 Å². The Bertz CT molecular complexity index is 870. The number of fused-ring (bicyclic) bond motifs is 1. The van der Waals surface area contributed by atoms with Gasteiger partial charge in [-0.05, 0) is 47.8 Å². The summed E-state index contributed by atoms with van der Waals surface area (Å²) in [4.78, 5) is 9.11. The second kappa shape index (κ2) is 5.32. The van der Waals surface area contributed by atoms with Crippen molar-refractivity contribution in [3.8, 4) is 0 Å². The molecule has 6 heteroatoms. The lowest BCUT2D eigenvalue weighted by molar-refractivity contribution is 0.621. The van der Waals surface area contributed by atoms with E-state index in [9.17, 15) is 0 Å². The summed E-state index contributed by atoms with van der Waals surface area (Å²) < 4.78 is 2.98. The fourth-order valence-electron chi connectivity index (χ4n) is 2.64. The van der Waals surface area contributed by atoms with Crippen molar-refractivity contribution in [2.45, 2.75) is 32.2 Å². The maximum Gasteiger partial charge on any atom is 0.133 e. The van der Waals surface area contributed by atoms with Gasteiger partial charge < -0.3 is 0 Å². The highest BCUT2D eigenvalue weighted by Gasteiger charge is 2.26. The number of aromatic nitrogens is 4. The molecule has 1 fully saturated rings. The van der Waals surface area contributed by atoms with Crippen LogP contribution in [0, 0.1) is 6.92 Å². The highest BCUT2D eigenvalue weighted by atomic mass is 79.9. The van der Waals surface area contributed by atoms with Crippen LogP contribution in [0.2, 0.25) is 5.02 Å². The molecule has 112 valence electrons. The quantitative estimate of drug-likeness (QED) is 0.676. The Kier molecular flexibility index (Phi) is 3.42. The summed E-state index contributed by atoms with van der Waals surface area (Å²) >= 11 is 9.54. The molecule has 3 aromatic rings. The second-order valence-corrected chi connectivity index (χ2v) is 6.98. The third-order valence-electron chi connectivity index (χ3n) is 4.06. The van der Waals surface area contributed by atoms with Crippen LogP contribution in [0.1, 0.15) is 36.0 Å². The maximum atomic E-state index is 6.10. The van der Waals surface area contributed by atoms with Gasteiger partial charge in [0, 0.05) is 33.7 Å². The molecule has 1 aromatic carbocycles. The Labute approximate surface area is 141 Å². The predicted octanol–water partition coefficient (Wildman–Crippen LogP) is 4.48. The number of hydrogen-bond donors (Lipinski definition) is 0. The molecule has 0 atom stereocenters. The minimum Gasteiger partial charge on any atom is -0.267 e. The smallest absolute Gasteiger partial charge is 0.133 e. The molecule has 0 saturated heterocycles. The van der Waals surface area contributed by atoms with E-state index in [1.165, 1.54) is 24.1 Å². The Hall–Kier alpha value is -1.46. The lowest BCUT2D eigenvalue weighted by atomic mass is 10.1. The summed E-state index contributed by atoms with van der Waals surface area (Å²) in [5.74, 6) is 0.806. The fraction of sp³-hybridized carbons (Fsp3) is 0.312. The Morgan fingerprint density at radius 2 is 2.14 bits per heavy atom. The number of rotatable bonds is 3. The van der Waals surface area contributed by atoms with Gasteiger partial charge in [0.05, 0.1) is 22.8 Å². The van der Waals surface area contributed by atoms with E-state index in [0.29, 0.717) is 17.5 Å². The maximum absolute atomic E-state index is 6.10. The van der Waals surface area contributed by atoms with Crippen LogP contribution in [-0.4, -0.2) is 19.7 Å². The number of hydrogen-bond acceptors (Lipinski definition) is 3. The van der Waals surface area contributed by atoms with Crippen LogP contribution < -0.4 is 0 Å². The average Bonchev–Trinajstić information content (AvgIpc) is 3.27. The van der Waals surface area contributed by atoms with Crippen LogP contribution in [0.5, 0.6) is 0 Å². The van der Waals surface area contributed by atoms with Crippen LogP contribution in [0.3, 0.4) is 0 Å². The van der Waals surface area contributed by atoms with Gasteiger partial charge >= 0.3 is 0 Å². The molecule has 0 radical (unpaired) electrons. The standard InChI is InChI=1S/C16H14BrClN4/c1-9-10(8-20-22(9)12-2-3-12)5-16-19-7-11-4-14(18)13(17)6-15(11)21-16/h4,6-8,12H,2-3,5H2,1H3. The highest BCUT2D eigenvalue weighted by Crippen LogP contribution is 2.35. The molecule has 4 nitrogen and oxygen atoms in total. The van der Waals surface area contributed by atoms with Crippen molar-refractivity contribution < 1.29 is 0 Å². The first kappa shape index (κ1) is 14.2. The zero-order valence-electron chi connectivity index (χ0n) is 12.1. The number of nitrogens with zero attached hydrogens (tertiary/aromatic N) is 4. The number of halogens is 2. The zero-order valence-corrected chi connectivity index (χ0v) is 14.4. The molecule has 1 saturated carbocycles. The molecule has 2 aromatic heterocycles. The van der Waals surface area contributed by atoms with Gasteiger partial charge in [-0.25, -0.2) is 9.97 Å². The molecule has 0 spiro atoms. The summed E-state index contributed by atoms with van der Waals surface area (Å²) in [6.07, 6.45) is 6.96. The highest BCUT2D eigenvalue weighted by molar-refractivity contribution is 9.10. The largest absolute Gasteiger partial charge is 0.267 e. The number of benzene rings is 1. The molecule has 0 aliphatic heterocycles. The van der Waals surface area contributed by atoms with Gasteiger partial charge in [0.25, 0.3) is 0 Å². The Morgan fingerprint density at radius 1 is 1.32 bits per heavy atom. The van der Waals surface area contributed by atoms with E-state index in [1.54, 1.807) is 0 Å². The first-order chi connectivity index (χ1) is 10.6. The third-order valence-corrected chi connectivity index (χ3v) is 5.26. The van der Waals surface area contributed by atoms with Gasteiger partial charge in [-0.2, -0.15) is 5.10 Å². The van der Waals surface area contributed by atoms with E-state index in [4.69, 9.17) is 11.6 Å². The lowest BCUT2D eigenvalue weighted by Crippen LogP contribution is -2.01. The van der Waals surface area contributed by atoms with Crippen molar-refractivity contribution in [3.63, 3.8) is 0 Å². The second-order valence-electron chi connectivity index (χ2n) is 5.72. The van der Waals surface area contributed by atoms with E-state index in [1.807, 2.05) is 24.5 Å². The molecular formula is C16H14BrClN4. The van der Waals surface area contributed by atoms with E-state index in [0.717, 1.165) is 21.2 Å². The Balaban J connectivity index is 1.68. The first-order valence-electron chi connectivity index (χ1n) is 7.25. The molecule has 0 amide bonds. The van der Waals surface area contributed by atoms with Crippen LogP contribution in [-0.2, 0) is 6.42 Å². The summed E-state index contributed by atoms with van der Waals surface area (Å²) in [6.45, 7) is 2.12. The van der Waals surface area contributed by atoms with E-state index in [2.05, 4.69) is 42.6 Å². The zero-order chi connectivity index (χ0) is 15.3. The van der Waals surface area contributed by atoms with Crippen molar-refractivity contribution in [3.05, 3.63) is 51.1 Å². The molecule has 0 bridgehead atoms. The summed E-state index contributed by atoms with van der Waals surface area (Å²) in [6, 6.07) is 4.41. The van der Waals surface area contributed by atoms with Crippen LogP contribution >= 0.6 is 27.5 Å². The Morgan fingerprint density at radius 3 is 2.91 bits per heavy atom. The minimum absolute atomic E-state index is 0.601. The van der Waals surface area contributed by atoms with Gasteiger partial charge in [0.1, 0.15) is 5.82 Å². The van der Waals surface area contributed by atoms with Gasteiger partial charge in [-0.15, -0.1) is 0 Å². The minimum atomic E-state index is 0.601. The molecule has 4 rings (SSSR count). The predicted molar refractivity (Wildman–Crippen MR) is 90.3 cm³/mol. The molecular weight excluding hydrogens is 364 g/mol. The fourth-order valence-corrected chi connectivity index (χ4v) is 3.14. The van der Waals surface area contributed by atoms with E-state index in [-0.39, 0.29) is 0 Å². The normalized spacial score (nSPS) is 14.7. The van der Waals surface area contributed by atoms with Gasteiger partial charge in [0.15, 0.2) is 0 Å². The van der Waals surface area contributed by atoms with Gasteiger partial charge in [0.2, 0.25) is 0 Å².